The number of nitrogens with one attached hydrogen (secondary N) is 1. The van der Waals surface area contributed by atoms with Crippen molar-refractivity contribution in [1.29, 1.82) is 0 Å². The zero-order valence-corrected chi connectivity index (χ0v) is 17.9. The Morgan fingerprint density at radius 2 is 1.59 bits per heavy atom. The van der Waals surface area contributed by atoms with Gasteiger partial charge in [0.2, 0.25) is 5.91 Å². The van der Waals surface area contributed by atoms with Gasteiger partial charge >= 0.3 is 0 Å². The average Bonchev–Trinajstić information content (AvgIpc) is 2.57. The van der Waals surface area contributed by atoms with Crippen molar-refractivity contribution in [2.45, 2.75) is 52.6 Å². The first-order valence-corrected chi connectivity index (χ1v) is 9.89. The number of nitrogens with two attached hydrogens (primary N) is 1. The minimum Gasteiger partial charge on any atom is -0.348 e. The summed E-state index contributed by atoms with van der Waals surface area (Å²) < 4.78 is 0. The molecule has 2 rings (SSSR count). The lowest BCUT2D eigenvalue weighted by atomic mass is 9.87. The molecule has 3 N–H and O–H groups in total. The van der Waals surface area contributed by atoms with Crippen LogP contribution in [0.4, 0.5) is 0 Å². The number of hydrogen-bond acceptors (Lipinski definition) is 2. The molecule has 0 spiro atoms. The van der Waals surface area contributed by atoms with Crippen LogP contribution < -0.4 is 11.1 Å². The van der Waals surface area contributed by atoms with Crippen molar-refractivity contribution >= 4 is 29.1 Å². The Balaban J connectivity index is 2.19. The van der Waals surface area contributed by atoms with E-state index in [0.29, 0.717) is 15.6 Å². The van der Waals surface area contributed by atoms with E-state index >= 15 is 0 Å². The molecular formula is C22H28Cl2N2O. The van der Waals surface area contributed by atoms with Gasteiger partial charge in [-0.2, -0.15) is 0 Å². The molecule has 0 fully saturated rings. The van der Waals surface area contributed by atoms with Gasteiger partial charge in [0, 0.05) is 10.0 Å². The van der Waals surface area contributed by atoms with Gasteiger partial charge in [0.25, 0.3) is 0 Å². The predicted octanol–water partition coefficient (Wildman–Crippen LogP) is 5.99. The Bertz CT molecular complexity index is 762. The largest absolute Gasteiger partial charge is 0.348 e. The summed E-state index contributed by atoms with van der Waals surface area (Å²) in [5.74, 6) is -0.243. The summed E-state index contributed by atoms with van der Waals surface area (Å²) in [6.07, 6.45) is 1.81. The third-order valence-electron chi connectivity index (χ3n) is 4.51. The van der Waals surface area contributed by atoms with Gasteiger partial charge in [-0.25, -0.2) is 0 Å². The average molecular weight is 407 g/mol. The van der Waals surface area contributed by atoms with Gasteiger partial charge in [0.15, 0.2) is 0 Å². The third-order valence-corrected chi connectivity index (χ3v) is 4.94. The first-order valence-electron chi connectivity index (χ1n) is 9.14. The molecule has 27 heavy (non-hydrogen) atoms. The van der Waals surface area contributed by atoms with Gasteiger partial charge in [-0.05, 0) is 54.5 Å². The first kappa shape index (κ1) is 21.7. The van der Waals surface area contributed by atoms with Gasteiger partial charge in [0.05, 0.1) is 6.04 Å². The molecule has 5 heteroatoms. The second-order valence-electron chi connectivity index (χ2n) is 8.25. The van der Waals surface area contributed by atoms with Crippen LogP contribution in [0.25, 0.3) is 0 Å². The molecule has 2 aromatic carbocycles. The van der Waals surface area contributed by atoms with Gasteiger partial charge in [-0.3, -0.25) is 4.79 Å². The molecule has 2 atom stereocenters. The fourth-order valence-electron chi connectivity index (χ4n) is 2.87. The molecule has 146 valence electrons. The Labute approximate surface area is 172 Å². The predicted molar refractivity (Wildman–Crippen MR) is 114 cm³/mol. The van der Waals surface area contributed by atoms with Crippen molar-refractivity contribution in [2.24, 2.45) is 11.1 Å². The van der Waals surface area contributed by atoms with Crippen LogP contribution in [0.1, 0.15) is 62.4 Å². The van der Waals surface area contributed by atoms with Crippen LogP contribution in [0, 0.1) is 12.3 Å². The molecular weight excluding hydrogens is 379 g/mol. The monoisotopic (exact) mass is 406 g/mol. The third kappa shape index (κ3) is 6.84. The maximum Gasteiger partial charge on any atom is 0.241 e. The minimum absolute atomic E-state index is 0.0990. The van der Waals surface area contributed by atoms with E-state index < -0.39 is 6.04 Å². The van der Waals surface area contributed by atoms with E-state index in [1.165, 1.54) is 5.56 Å². The number of amides is 1. The number of rotatable bonds is 6. The van der Waals surface area contributed by atoms with Crippen LogP contribution >= 0.6 is 23.2 Å². The molecule has 0 saturated carbocycles. The SMILES string of the molecule is Cc1ccc(C(CCC(C)(C)C)NC(=O)C(N)c2cc(Cl)cc(Cl)c2)cc1. The summed E-state index contributed by atoms with van der Waals surface area (Å²) in [5.41, 5.74) is 9.22. The van der Waals surface area contributed by atoms with Crippen molar-refractivity contribution in [2.75, 3.05) is 0 Å². The van der Waals surface area contributed by atoms with Crippen LogP contribution in [0.3, 0.4) is 0 Å². The molecule has 0 aliphatic carbocycles. The van der Waals surface area contributed by atoms with Crippen molar-refractivity contribution in [1.82, 2.24) is 5.32 Å². The highest BCUT2D eigenvalue weighted by molar-refractivity contribution is 6.34. The number of hydrogen-bond donors (Lipinski definition) is 2. The summed E-state index contributed by atoms with van der Waals surface area (Å²) in [6, 6.07) is 12.3. The van der Waals surface area contributed by atoms with Crippen LogP contribution in [0.15, 0.2) is 42.5 Å². The van der Waals surface area contributed by atoms with Gasteiger partial charge in [-0.15, -0.1) is 0 Å². The Hall–Kier alpha value is -1.55. The molecule has 3 nitrogen and oxygen atoms in total. The summed E-state index contributed by atoms with van der Waals surface area (Å²) in [7, 11) is 0. The van der Waals surface area contributed by atoms with E-state index in [-0.39, 0.29) is 17.4 Å². The van der Waals surface area contributed by atoms with E-state index in [0.717, 1.165) is 18.4 Å². The van der Waals surface area contributed by atoms with E-state index in [9.17, 15) is 4.79 Å². The Morgan fingerprint density at radius 1 is 1.04 bits per heavy atom. The topological polar surface area (TPSA) is 55.1 Å². The molecule has 0 radical (unpaired) electrons. The van der Waals surface area contributed by atoms with Crippen molar-refractivity contribution in [3.63, 3.8) is 0 Å². The molecule has 2 aromatic rings. The molecule has 0 heterocycles. The zero-order chi connectivity index (χ0) is 20.2. The standard InChI is InChI=1S/C22H28Cl2N2O/c1-14-5-7-15(8-6-14)19(9-10-22(2,3)4)26-21(27)20(25)16-11-17(23)13-18(24)12-16/h5-8,11-13,19-20H,9-10,25H2,1-4H3,(H,26,27). The normalized spacial score (nSPS) is 13.9. The summed E-state index contributed by atoms with van der Waals surface area (Å²) in [4.78, 5) is 12.8. The molecule has 1 amide bonds. The number of aryl methyl sites for hydroxylation is 1. The highest BCUT2D eigenvalue weighted by atomic mass is 35.5. The van der Waals surface area contributed by atoms with Gasteiger partial charge in [0.1, 0.15) is 6.04 Å². The van der Waals surface area contributed by atoms with Crippen molar-refractivity contribution < 1.29 is 4.79 Å². The smallest absolute Gasteiger partial charge is 0.241 e. The van der Waals surface area contributed by atoms with Crippen LogP contribution in [0.5, 0.6) is 0 Å². The fourth-order valence-corrected chi connectivity index (χ4v) is 3.41. The fraction of sp³-hybridized carbons (Fsp3) is 0.409. The Kier molecular flexibility index (Phi) is 7.32. The quantitative estimate of drug-likeness (QED) is 0.618. The molecule has 2 unspecified atom stereocenters. The lowest BCUT2D eigenvalue weighted by Crippen LogP contribution is -2.37. The van der Waals surface area contributed by atoms with E-state index in [4.69, 9.17) is 28.9 Å². The lowest BCUT2D eigenvalue weighted by molar-refractivity contribution is -0.123. The van der Waals surface area contributed by atoms with E-state index in [1.807, 2.05) is 6.92 Å². The van der Waals surface area contributed by atoms with E-state index in [1.54, 1.807) is 18.2 Å². The lowest BCUT2D eigenvalue weighted by Gasteiger charge is -2.26. The minimum atomic E-state index is -0.830. The zero-order valence-electron chi connectivity index (χ0n) is 16.4. The molecule has 0 aromatic heterocycles. The first-order chi connectivity index (χ1) is 12.5. The van der Waals surface area contributed by atoms with Crippen molar-refractivity contribution in [3.05, 3.63) is 69.2 Å². The maximum absolute atomic E-state index is 12.8. The molecule has 0 saturated heterocycles. The summed E-state index contributed by atoms with van der Waals surface area (Å²) >= 11 is 12.1. The molecule has 0 aliphatic rings. The molecule has 0 aliphatic heterocycles. The summed E-state index contributed by atoms with van der Waals surface area (Å²) in [5, 5.41) is 4.04. The van der Waals surface area contributed by atoms with Gasteiger partial charge < -0.3 is 11.1 Å². The number of carbonyl (C=O) groups is 1. The van der Waals surface area contributed by atoms with E-state index in [2.05, 4.69) is 50.4 Å². The second kappa shape index (κ2) is 9.09. The second-order valence-corrected chi connectivity index (χ2v) is 9.12. The van der Waals surface area contributed by atoms with Crippen LogP contribution in [-0.4, -0.2) is 5.91 Å². The maximum atomic E-state index is 12.8. The highest BCUT2D eigenvalue weighted by Crippen LogP contribution is 2.29. The van der Waals surface area contributed by atoms with Crippen LogP contribution in [0.2, 0.25) is 10.0 Å². The van der Waals surface area contributed by atoms with Gasteiger partial charge in [-0.1, -0.05) is 73.8 Å². The van der Waals surface area contributed by atoms with Crippen LogP contribution in [-0.2, 0) is 4.79 Å². The van der Waals surface area contributed by atoms with Crippen molar-refractivity contribution in [3.8, 4) is 0 Å². The Morgan fingerprint density at radius 3 is 2.11 bits per heavy atom. The number of benzene rings is 2. The highest BCUT2D eigenvalue weighted by Gasteiger charge is 2.23. The number of halogens is 2. The summed E-state index contributed by atoms with van der Waals surface area (Å²) in [6.45, 7) is 8.63. The molecule has 0 bridgehead atoms. The number of carbonyl (C=O) groups excluding carboxylic acids is 1.